The molecule has 0 spiro atoms. The molecule has 0 saturated carbocycles. The molecule has 0 radical (unpaired) electrons. The Balaban J connectivity index is 2.51. The van der Waals surface area contributed by atoms with E-state index in [0.717, 1.165) is 10.9 Å². The Morgan fingerprint density at radius 2 is 2.33 bits per heavy atom. The molecule has 1 amide bonds. The highest BCUT2D eigenvalue weighted by atomic mass is 16.5. The van der Waals surface area contributed by atoms with Crippen molar-refractivity contribution in [1.82, 2.24) is 15.3 Å². The Morgan fingerprint density at radius 3 is 3.00 bits per heavy atom. The van der Waals surface area contributed by atoms with E-state index in [1.54, 1.807) is 32.5 Å². The summed E-state index contributed by atoms with van der Waals surface area (Å²) in [7, 11) is 3.14. The van der Waals surface area contributed by atoms with Crippen LogP contribution in [0.2, 0.25) is 0 Å². The fraction of sp³-hybridized carbons (Fsp3) is 0.200. The third-order valence-electron chi connectivity index (χ3n) is 2.16. The monoisotopic (exact) mass is 205 g/mol. The van der Waals surface area contributed by atoms with Gasteiger partial charge in [-0.05, 0) is 6.07 Å². The highest BCUT2D eigenvalue weighted by Crippen LogP contribution is 2.18. The molecule has 0 saturated heterocycles. The van der Waals surface area contributed by atoms with Gasteiger partial charge in [-0.25, -0.2) is 4.98 Å². The summed E-state index contributed by atoms with van der Waals surface area (Å²) in [5, 5.41) is 3.43. The van der Waals surface area contributed by atoms with Gasteiger partial charge >= 0.3 is 0 Å². The number of fused-ring (bicyclic) bond motifs is 1. The minimum atomic E-state index is -0.148. The highest BCUT2D eigenvalue weighted by Gasteiger charge is 2.08. The maximum absolute atomic E-state index is 11.3. The number of pyridine rings is 1. The van der Waals surface area contributed by atoms with E-state index in [2.05, 4.69) is 15.3 Å². The van der Waals surface area contributed by atoms with Crippen molar-refractivity contribution in [2.75, 3.05) is 14.2 Å². The molecule has 2 N–H and O–H groups in total. The number of aromatic amines is 1. The van der Waals surface area contributed by atoms with E-state index >= 15 is 0 Å². The van der Waals surface area contributed by atoms with Gasteiger partial charge in [0.1, 0.15) is 5.69 Å². The smallest absolute Gasteiger partial charge is 0.267 e. The quantitative estimate of drug-likeness (QED) is 0.766. The number of amides is 1. The van der Waals surface area contributed by atoms with Crippen LogP contribution in [0.25, 0.3) is 10.9 Å². The number of nitrogens with one attached hydrogen (secondary N) is 2. The number of carbonyl (C=O) groups excluding carboxylic acids is 1. The molecule has 2 aromatic rings. The molecule has 0 aliphatic carbocycles. The van der Waals surface area contributed by atoms with Gasteiger partial charge in [-0.15, -0.1) is 0 Å². The van der Waals surface area contributed by atoms with Gasteiger partial charge in [-0.1, -0.05) is 0 Å². The third kappa shape index (κ3) is 1.63. The summed E-state index contributed by atoms with van der Waals surface area (Å²) in [4.78, 5) is 18.4. The topological polar surface area (TPSA) is 67.0 Å². The second-order valence-electron chi connectivity index (χ2n) is 3.08. The molecule has 2 aromatic heterocycles. The molecule has 5 nitrogen and oxygen atoms in total. The van der Waals surface area contributed by atoms with Crippen LogP contribution in [0.15, 0.2) is 18.3 Å². The normalized spacial score (nSPS) is 10.3. The molecule has 0 aliphatic heterocycles. The number of methoxy groups -OCH3 is 1. The zero-order chi connectivity index (χ0) is 10.8. The van der Waals surface area contributed by atoms with E-state index in [-0.39, 0.29) is 5.91 Å². The molecule has 78 valence electrons. The van der Waals surface area contributed by atoms with E-state index in [0.29, 0.717) is 11.6 Å². The SMILES string of the molecule is CNC(=O)c1cc2cnc(OC)cc2[nH]1. The summed E-state index contributed by atoms with van der Waals surface area (Å²) in [6.07, 6.45) is 1.66. The Kier molecular flexibility index (Phi) is 2.29. The van der Waals surface area contributed by atoms with Crippen molar-refractivity contribution in [3.8, 4) is 5.88 Å². The zero-order valence-electron chi connectivity index (χ0n) is 8.50. The predicted molar refractivity (Wildman–Crippen MR) is 56.0 cm³/mol. The van der Waals surface area contributed by atoms with Gasteiger partial charge in [0.2, 0.25) is 5.88 Å². The molecular weight excluding hydrogens is 194 g/mol. The number of rotatable bonds is 2. The molecule has 0 aromatic carbocycles. The standard InChI is InChI=1S/C10H11N3O2/c1-11-10(14)8-3-6-5-12-9(15-2)4-7(6)13-8/h3-5,13H,1-2H3,(H,11,14). The van der Waals surface area contributed by atoms with Crippen molar-refractivity contribution in [1.29, 1.82) is 0 Å². The van der Waals surface area contributed by atoms with Crippen LogP contribution in [0.4, 0.5) is 0 Å². The molecule has 0 atom stereocenters. The fourth-order valence-corrected chi connectivity index (χ4v) is 1.38. The highest BCUT2D eigenvalue weighted by molar-refractivity contribution is 5.97. The van der Waals surface area contributed by atoms with E-state index in [9.17, 15) is 4.79 Å². The van der Waals surface area contributed by atoms with Crippen LogP contribution in [-0.2, 0) is 0 Å². The number of carbonyl (C=O) groups is 1. The Morgan fingerprint density at radius 1 is 1.53 bits per heavy atom. The fourth-order valence-electron chi connectivity index (χ4n) is 1.38. The zero-order valence-corrected chi connectivity index (χ0v) is 8.50. The second-order valence-corrected chi connectivity index (χ2v) is 3.08. The lowest BCUT2D eigenvalue weighted by Crippen LogP contribution is -2.17. The van der Waals surface area contributed by atoms with Crippen molar-refractivity contribution in [3.05, 3.63) is 24.0 Å². The number of ether oxygens (including phenoxy) is 1. The van der Waals surface area contributed by atoms with Crippen molar-refractivity contribution in [3.63, 3.8) is 0 Å². The van der Waals surface area contributed by atoms with Crippen molar-refractivity contribution >= 4 is 16.8 Å². The predicted octanol–water partition coefficient (Wildman–Crippen LogP) is 0.931. The number of H-pyrrole nitrogens is 1. The van der Waals surface area contributed by atoms with Crippen LogP contribution >= 0.6 is 0 Å². The Labute approximate surface area is 86.5 Å². The van der Waals surface area contributed by atoms with E-state index in [1.807, 2.05) is 0 Å². The van der Waals surface area contributed by atoms with E-state index < -0.39 is 0 Å². The molecule has 0 bridgehead atoms. The number of nitrogens with zero attached hydrogens (tertiary/aromatic N) is 1. The minimum absolute atomic E-state index is 0.148. The molecule has 2 heterocycles. The third-order valence-corrected chi connectivity index (χ3v) is 2.16. The number of hydrogen-bond donors (Lipinski definition) is 2. The second kappa shape index (κ2) is 3.61. The molecule has 15 heavy (non-hydrogen) atoms. The van der Waals surface area contributed by atoms with Gasteiger partial charge < -0.3 is 15.0 Å². The molecular formula is C10H11N3O2. The van der Waals surface area contributed by atoms with Crippen molar-refractivity contribution in [2.24, 2.45) is 0 Å². The summed E-state index contributed by atoms with van der Waals surface area (Å²) in [6, 6.07) is 3.50. The van der Waals surface area contributed by atoms with Crippen LogP contribution < -0.4 is 10.1 Å². The van der Waals surface area contributed by atoms with E-state index in [1.165, 1.54) is 0 Å². The summed E-state index contributed by atoms with van der Waals surface area (Å²) >= 11 is 0. The first-order chi connectivity index (χ1) is 7.24. The average molecular weight is 205 g/mol. The molecule has 0 fully saturated rings. The Bertz CT molecular complexity index is 504. The van der Waals surface area contributed by atoms with Gasteiger partial charge in [-0.2, -0.15) is 0 Å². The maximum Gasteiger partial charge on any atom is 0.267 e. The summed E-state index contributed by atoms with van der Waals surface area (Å²) < 4.78 is 4.99. The summed E-state index contributed by atoms with van der Waals surface area (Å²) in [6.45, 7) is 0. The lowest BCUT2D eigenvalue weighted by molar-refractivity contribution is 0.0959. The summed E-state index contributed by atoms with van der Waals surface area (Å²) in [5.74, 6) is 0.373. The summed E-state index contributed by atoms with van der Waals surface area (Å²) in [5.41, 5.74) is 1.35. The van der Waals surface area contributed by atoms with Gasteiger partial charge in [0.05, 0.1) is 12.6 Å². The average Bonchev–Trinajstić information content (AvgIpc) is 2.70. The van der Waals surface area contributed by atoms with Crippen LogP contribution in [0.1, 0.15) is 10.5 Å². The molecule has 0 unspecified atom stereocenters. The first-order valence-electron chi connectivity index (χ1n) is 4.49. The van der Waals surface area contributed by atoms with Crippen LogP contribution in [0.3, 0.4) is 0 Å². The van der Waals surface area contributed by atoms with Crippen LogP contribution in [-0.4, -0.2) is 30.0 Å². The maximum atomic E-state index is 11.3. The first kappa shape index (κ1) is 9.51. The number of aromatic nitrogens is 2. The van der Waals surface area contributed by atoms with Gasteiger partial charge in [-0.3, -0.25) is 4.79 Å². The lowest BCUT2D eigenvalue weighted by atomic mass is 10.3. The molecule has 5 heteroatoms. The molecule has 0 aliphatic rings. The Hall–Kier alpha value is -2.04. The lowest BCUT2D eigenvalue weighted by Gasteiger charge is -1.96. The largest absolute Gasteiger partial charge is 0.481 e. The van der Waals surface area contributed by atoms with Crippen LogP contribution in [0.5, 0.6) is 5.88 Å². The van der Waals surface area contributed by atoms with Crippen LogP contribution in [0, 0.1) is 0 Å². The van der Waals surface area contributed by atoms with E-state index in [4.69, 9.17) is 4.74 Å². The van der Waals surface area contributed by atoms with Gasteiger partial charge in [0.25, 0.3) is 5.91 Å². The first-order valence-corrected chi connectivity index (χ1v) is 4.49. The molecule has 2 rings (SSSR count). The number of hydrogen-bond acceptors (Lipinski definition) is 3. The van der Waals surface area contributed by atoms with Crippen molar-refractivity contribution < 1.29 is 9.53 Å². The van der Waals surface area contributed by atoms with Gasteiger partial charge in [0, 0.05) is 24.7 Å². The van der Waals surface area contributed by atoms with Gasteiger partial charge in [0.15, 0.2) is 0 Å². The minimum Gasteiger partial charge on any atom is -0.481 e. The van der Waals surface area contributed by atoms with Crippen molar-refractivity contribution in [2.45, 2.75) is 0 Å².